The SMILES string of the molecule is CC(C)OCC(=O)NC(C)c1cccc(C#CCO)c1. The van der Waals surface area contributed by atoms with Crippen molar-refractivity contribution in [3.63, 3.8) is 0 Å². The van der Waals surface area contributed by atoms with E-state index in [9.17, 15) is 4.79 Å². The third-order valence-corrected chi connectivity index (χ3v) is 2.62. The molecule has 1 amide bonds. The topological polar surface area (TPSA) is 58.6 Å². The first kappa shape index (κ1) is 16.2. The van der Waals surface area contributed by atoms with Gasteiger partial charge in [-0.25, -0.2) is 0 Å². The number of aliphatic hydroxyl groups is 1. The first-order valence-corrected chi connectivity index (χ1v) is 6.63. The standard InChI is InChI=1S/C16H21NO3/c1-12(2)20-11-16(19)17-13(3)15-8-4-6-14(10-15)7-5-9-18/h4,6,8,10,12-13,18H,9,11H2,1-3H3,(H,17,19). The minimum Gasteiger partial charge on any atom is -0.384 e. The minimum atomic E-state index is -0.164. The summed E-state index contributed by atoms with van der Waals surface area (Å²) in [5, 5.41) is 11.6. The number of hydrogen-bond acceptors (Lipinski definition) is 3. The van der Waals surface area contributed by atoms with Crippen molar-refractivity contribution in [2.75, 3.05) is 13.2 Å². The molecule has 4 heteroatoms. The van der Waals surface area contributed by atoms with E-state index in [2.05, 4.69) is 17.2 Å². The Labute approximate surface area is 120 Å². The summed E-state index contributed by atoms with van der Waals surface area (Å²) in [5.41, 5.74) is 1.78. The molecule has 0 radical (unpaired) electrons. The van der Waals surface area contributed by atoms with Crippen LogP contribution in [-0.2, 0) is 9.53 Å². The summed E-state index contributed by atoms with van der Waals surface area (Å²) in [6, 6.07) is 7.45. The second-order valence-electron chi connectivity index (χ2n) is 4.73. The predicted molar refractivity (Wildman–Crippen MR) is 78.1 cm³/mol. The van der Waals surface area contributed by atoms with Gasteiger partial charge in [0.05, 0.1) is 12.1 Å². The first-order valence-electron chi connectivity index (χ1n) is 6.63. The lowest BCUT2D eigenvalue weighted by atomic mass is 10.1. The van der Waals surface area contributed by atoms with Gasteiger partial charge >= 0.3 is 0 Å². The third-order valence-electron chi connectivity index (χ3n) is 2.62. The molecule has 1 aromatic rings. The van der Waals surface area contributed by atoms with Gasteiger partial charge in [0.25, 0.3) is 0 Å². The van der Waals surface area contributed by atoms with Gasteiger partial charge in [-0.15, -0.1) is 0 Å². The van der Waals surface area contributed by atoms with Crippen molar-refractivity contribution in [2.45, 2.75) is 32.9 Å². The normalized spacial score (nSPS) is 11.7. The van der Waals surface area contributed by atoms with Gasteiger partial charge in [-0.3, -0.25) is 4.79 Å². The Morgan fingerprint density at radius 3 is 2.80 bits per heavy atom. The van der Waals surface area contributed by atoms with E-state index in [1.807, 2.05) is 45.0 Å². The van der Waals surface area contributed by atoms with Crippen LogP contribution in [0, 0.1) is 11.8 Å². The van der Waals surface area contributed by atoms with Crippen molar-refractivity contribution < 1.29 is 14.6 Å². The average Bonchev–Trinajstić information content (AvgIpc) is 2.43. The number of carbonyl (C=O) groups excluding carboxylic acids is 1. The number of carbonyl (C=O) groups is 1. The predicted octanol–water partition coefficient (Wildman–Crippen LogP) is 1.63. The molecule has 0 aliphatic heterocycles. The van der Waals surface area contributed by atoms with Crippen LogP contribution in [-0.4, -0.2) is 30.3 Å². The van der Waals surface area contributed by atoms with E-state index in [0.717, 1.165) is 11.1 Å². The number of benzene rings is 1. The van der Waals surface area contributed by atoms with Crippen LogP contribution in [0.15, 0.2) is 24.3 Å². The van der Waals surface area contributed by atoms with Crippen molar-refractivity contribution in [1.29, 1.82) is 0 Å². The molecule has 2 N–H and O–H groups in total. The van der Waals surface area contributed by atoms with Crippen molar-refractivity contribution >= 4 is 5.91 Å². The highest BCUT2D eigenvalue weighted by Gasteiger charge is 2.10. The van der Waals surface area contributed by atoms with Crippen LogP contribution in [0.5, 0.6) is 0 Å². The number of rotatable bonds is 5. The molecule has 1 rings (SSSR count). The summed E-state index contributed by atoms with van der Waals surface area (Å²) in [4.78, 5) is 11.7. The molecular formula is C16H21NO3. The summed E-state index contributed by atoms with van der Waals surface area (Å²) in [7, 11) is 0. The van der Waals surface area contributed by atoms with Crippen LogP contribution < -0.4 is 5.32 Å². The van der Waals surface area contributed by atoms with E-state index < -0.39 is 0 Å². The van der Waals surface area contributed by atoms with E-state index in [1.54, 1.807) is 0 Å². The number of nitrogens with one attached hydrogen (secondary N) is 1. The number of amides is 1. The monoisotopic (exact) mass is 275 g/mol. The second-order valence-corrected chi connectivity index (χ2v) is 4.73. The van der Waals surface area contributed by atoms with E-state index in [-0.39, 0.29) is 31.3 Å². The highest BCUT2D eigenvalue weighted by atomic mass is 16.5. The molecule has 1 atom stereocenters. The average molecular weight is 275 g/mol. The highest BCUT2D eigenvalue weighted by Crippen LogP contribution is 2.13. The highest BCUT2D eigenvalue weighted by molar-refractivity contribution is 5.77. The molecular weight excluding hydrogens is 254 g/mol. The number of aliphatic hydroxyl groups excluding tert-OH is 1. The fourth-order valence-corrected chi connectivity index (χ4v) is 1.64. The van der Waals surface area contributed by atoms with Crippen molar-refractivity contribution in [3.05, 3.63) is 35.4 Å². The molecule has 0 fully saturated rings. The maximum absolute atomic E-state index is 11.7. The van der Waals surface area contributed by atoms with Gasteiger partial charge in [-0.05, 0) is 38.5 Å². The molecule has 1 unspecified atom stereocenters. The molecule has 0 saturated carbocycles. The van der Waals surface area contributed by atoms with E-state index in [0.29, 0.717) is 0 Å². The molecule has 0 spiro atoms. The molecule has 4 nitrogen and oxygen atoms in total. The van der Waals surface area contributed by atoms with E-state index >= 15 is 0 Å². The molecule has 1 aromatic carbocycles. The molecule has 0 heterocycles. The number of ether oxygens (including phenoxy) is 1. The Morgan fingerprint density at radius 1 is 1.40 bits per heavy atom. The maximum Gasteiger partial charge on any atom is 0.246 e. The molecule has 0 aliphatic rings. The Balaban J connectivity index is 2.63. The van der Waals surface area contributed by atoms with Crippen LogP contribution in [0.4, 0.5) is 0 Å². The van der Waals surface area contributed by atoms with E-state index in [1.165, 1.54) is 0 Å². The van der Waals surface area contributed by atoms with Gasteiger partial charge in [0, 0.05) is 5.56 Å². The Morgan fingerprint density at radius 2 is 2.15 bits per heavy atom. The summed E-state index contributed by atoms with van der Waals surface area (Å²) in [6.45, 7) is 5.58. The van der Waals surface area contributed by atoms with Crippen molar-refractivity contribution in [2.24, 2.45) is 0 Å². The summed E-state index contributed by atoms with van der Waals surface area (Å²) < 4.78 is 5.26. The van der Waals surface area contributed by atoms with Gasteiger partial charge in [0.2, 0.25) is 5.91 Å². The Kier molecular flexibility index (Phi) is 6.78. The molecule has 0 aromatic heterocycles. The van der Waals surface area contributed by atoms with Gasteiger partial charge in [-0.2, -0.15) is 0 Å². The Hall–Kier alpha value is -1.83. The molecule has 0 aliphatic carbocycles. The molecule has 0 saturated heterocycles. The fraction of sp³-hybridized carbons (Fsp3) is 0.438. The van der Waals surface area contributed by atoms with E-state index in [4.69, 9.17) is 9.84 Å². The van der Waals surface area contributed by atoms with Gasteiger partial charge in [0.15, 0.2) is 0 Å². The fourth-order valence-electron chi connectivity index (χ4n) is 1.64. The molecule has 108 valence electrons. The zero-order chi connectivity index (χ0) is 15.0. The largest absolute Gasteiger partial charge is 0.384 e. The van der Waals surface area contributed by atoms with Gasteiger partial charge in [-0.1, -0.05) is 24.0 Å². The van der Waals surface area contributed by atoms with Crippen LogP contribution in [0.2, 0.25) is 0 Å². The maximum atomic E-state index is 11.7. The lowest BCUT2D eigenvalue weighted by molar-refractivity contribution is -0.127. The molecule has 0 bridgehead atoms. The van der Waals surface area contributed by atoms with Gasteiger partial charge in [0.1, 0.15) is 13.2 Å². The lowest BCUT2D eigenvalue weighted by Gasteiger charge is -2.15. The summed E-state index contributed by atoms with van der Waals surface area (Å²) >= 11 is 0. The molecule has 20 heavy (non-hydrogen) atoms. The zero-order valence-corrected chi connectivity index (χ0v) is 12.1. The van der Waals surface area contributed by atoms with Crippen molar-refractivity contribution in [3.8, 4) is 11.8 Å². The first-order chi connectivity index (χ1) is 9.52. The zero-order valence-electron chi connectivity index (χ0n) is 12.1. The third kappa shape index (κ3) is 5.87. The quantitative estimate of drug-likeness (QED) is 0.803. The van der Waals surface area contributed by atoms with Crippen LogP contribution in [0.25, 0.3) is 0 Å². The van der Waals surface area contributed by atoms with Crippen molar-refractivity contribution in [1.82, 2.24) is 5.32 Å². The van der Waals surface area contributed by atoms with Crippen LogP contribution in [0.3, 0.4) is 0 Å². The number of hydrogen-bond donors (Lipinski definition) is 2. The second kappa shape index (κ2) is 8.36. The van der Waals surface area contributed by atoms with Crippen LogP contribution in [0.1, 0.15) is 37.9 Å². The lowest BCUT2D eigenvalue weighted by Crippen LogP contribution is -2.31. The smallest absolute Gasteiger partial charge is 0.246 e. The minimum absolute atomic E-state index is 0.0353. The summed E-state index contributed by atoms with van der Waals surface area (Å²) in [5.74, 6) is 5.31. The summed E-state index contributed by atoms with van der Waals surface area (Å²) in [6.07, 6.45) is 0.0353. The van der Waals surface area contributed by atoms with Gasteiger partial charge < -0.3 is 15.2 Å². The van der Waals surface area contributed by atoms with Crippen LogP contribution >= 0.6 is 0 Å². The Bertz CT molecular complexity index is 500.